The van der Waals surface area contributed by atoms with Gasteiger partial charge in [0.25, 0.3) is 5.69 Å². The fourth-order valence-corrected chi connectivity index (χ4v) is 4.21. The maximum Gasteiger partial charge on any atom is 0.273 e. The van der Waals surface area contributed by atoms with Gasteiger partial charge in [-0.2, -0.15) is 0 Å². The highest BCUT2D eigenvalue weighted by atomic mass is 16.6. The zero-order chi connectivity index (χ0) is 19.2. The molecule has 6 heteroatoms. The number of aliphatic hydroxyl groups is 1. The molecule has 0 saturated carbocycles. The Bertz CT molecular complexity index is 938. The second-order valence-electron chi connectivity index (χ2n) is 7.48. The number of aliphatic hydroxyl groups excluding tert-OH is 1. The fourth-order valence-electron chi connectivity index (χ4n) is 4.21. The molecule has 1 spiro atoms. The lowest BCUT2D eigenvalue weighted by Crippen LogP contribution is -2.59. The van der Waals surface area contributed by atoms with Crippen molar-refractivity contribution in [1.29, 1.82) is 0 Å². The number of fused-ring (bicyclic) bond motifs is 2. The lowest BCUT2D eigenvalue weighted by molar-refractivity contribution is -0.385. The van der Waals surface area contributed by atoms with E-state index in [0.29, 0.717) is 18.7 Å². The van der Waals surface area contributed by atoms with E-state index in [2.05, 4.69) is 30.9 Å². The van der Waals surface area contributed by atoms with Crippen LogP contribution in [-0.2, 0) is 5.41 Å². The van der Waals surface area contributed by atoms with Crippen LogP contribution < -0.4 is 9.64 Å². The van der Waals surface area contributed by atoms with Crippen LogP contribution in [-0.4, -0.2) is 28.9 Å². The molecule has 1 unspecified atom stereocenters. The second kappa shape index (κ2) is 6.09. The van der Waals surface area contributed by atoms with Crippen molar-refractivity contribution in [1.82, 2.24) is 0 Å². The Morgan fingerprint density at radius 3 is 2.74 bits per heavy atom. The smallest absolute Gasteiger partial charge is 0.273 e. The van der Waals surface area contributed by atoms with Gasteiger partial charge in [-0.1, -0.05) is 18.2 Å². The molecule has 140 valence electrons. The van der Waals surface area contributed by atoms with Crippen molar-refractivity contribution in [3.8, 4) is 5.75 Å². The number of para-hydroxylation sites is 1. The molecule has 6 nitrogen and oxygen atoms in total. The summed E-state index contributed by atoms with van der Waals surface area (Å²) in [6, 6.07) is 12.8. The normalized spacial score (nSPS) is 21.7. The molecule has 2 aromatic carbocycles. The third kappa shape index (κ3) is 2.44. The molecule has 0 aromatic heterocycles. The van der Waals surface area contributed by atoms with Gasteiger partial charge < -0.3 is 14.7 Å². The first-order valence-corrected chi connectivity index (χ1v) is 9.05. The van der Waals surface area contributed by atoms with Gasteiger partial charge in [-0.15, -0.1) is 0 Å². The van der Waals surface area contributed by atoms with Gasteiger partial charge >= 0.3 is 0 Å². The van der Waals surface area contributed by atoms with Crippen molar-refractivity contribution < 1.29 is 14.8 Å². The Labute approximate surface area is 157 Å². The number of ether oxygens (including phenoxy) is 1. The number of rotatable bonds is 4. The molecule has 2 aliphatic rings. The average Bonchev–Trinajstić information content (AvgIpc) is 2.84. The van der Waals surface area contributed by atoms with E-state index < -0.39 is 16.1 Å². The van der Waals surface area contributed by atoms with Crippen molar-refractivity contribution in [2.24, 2.45) is 0 Å². The molecule has 2 aliphatic heterocycles. The summed E-state index contributed by atoms with van der Waals surface area (Å²) in [6.07, 6.45) is 4.62. The molecule has 0 saturated heterocycles. The fraction of sp³-hybridized carbons (Fsp3) is 0.333. The number of nitrogens with zero attached hydrogens (tertiary/aromatic N) is 2. The number of hydrogen-bond acceptors (Lipinski definition) is 5. The van der Waals surface area contributed by atoms with Gasteiger partial charge in [-0.05, 0) is 50.1 Å². The molecule has 0 fully saturated rings. The maximum atomic E-state index is 11.2. The second-order valence-corrected chi connectivity index (χ2v) is 7.48. The molecule has 27 heavy (non-hydrogen) atoms. The zero-order valence-electron chi connectivity index (χ0n) is 15.4. The van der Waals surface area contributed by atoms with E-state index in [1.165, 1.54) is 12.1 Å². The van der Waals surface area contributed by atoms with E-state index in [0.717, 1.165) is 16.8 Å². The van der Waals surface area contributed by atoms with Crippen LogP contribution >= 0.6 is 0 Å². The third-order valence-electron chi connectivity index (χ3n) is 5.67. The van der Waals surface area contributed by atoms with Crippen molar-refractivity contribution in [2.75, 3.05) is 18.1 Å². The van der Waals surface area contributed by atoms with Gasteiger partial charge in [0.1, 0.15) is 5.75 Å². The van der Waals surface area contributed by atoms with Gasteiger partial charge in [-0.3, -0.25) is 10.1 Å². The molecule has 0 amide bonds. The highest BCUT2D eigenvalue weighted by Gasteiger charge is 2.58. The van der Waals surface area contributed by atoms with Crippen molar-refractivity contribution in [3.05, 3.63) is 69.8 Å². The lowest BCUT2D eigenvalue weighted by Gasteiger charge is -2.47. The molecule has 1 atom stereocenters. The molecule has 1 N–H and O–H groups in total. The number of benzene rings is 2. The SMILES string of the molecule is CC1(C)c2ccccc2N(CCCO)C12C=Cc1ccc([N+](=O)[O-])cc1O2. The first-order chi connectivity index (χ1) is 12.9. The quantitative estimate of drug-likeness (QED) is 0.656. The standard InChI is InChI=1S/C21H22N2O4/c1-20(2)17-6-3-4-7-18(17)22(12-5-13-24)21(20)11-10-15-8-9-16(23(25)26)14-19(15)27-21/h3-4,6-11,14,24H,5,12-13H2,1-2H3. The summed E-state index contributed by atoms with van der Waals surface area (Å²) in [7, 11) is 0. The Hall–Kier alpha value is -2.86. The highest BCUT2D eigenvalue weighted by molar-refractivity contribution is 5.73. The summed E-state index contributed by atoms with van der Waals surface area (Å²) in [5.41, 5.74) is 1.84. The summed E-state index contributed by atoms with van der Waals surface area (Å²) in [4.78, 5) is 13.0. The van der Waals surface area contributed by atoms with Crippen LogP contribution in [0.1, 0.15) is 31.4 Å². The molecule has 0 aliphatic carbocycles. The number of nitro groups is 1. The van der Waals surface area contributed by atoms with E-state index in [1.54, 1.807) is 6.07 Å². The van der Waals surface area contributed by atoms with Crippen LogP contribution in [0.4, 0.5) is 11.4 Å². The van der Waals surface area contributed by atoms with Crippen molar-refractivity contribution >= 4 is 17.5 Å². The monoisotopic (exact) mass is 366 g/mol. The minimum absolute atomic E-state index is 0.00873. The number of non-ortho nitro benzene ring substituents is 1. The minimum Gasteiger partial charge on any atom is -0.463 e. The van der Waals surface area contributed by atoms with Gasteiger partial charge in [-0.25, -0.2) is 0 Å². The minimum atomic E-state index is -0.811. The number of hydrogen-bond donors (Lipinski definition) is 1. The van der Waals surface area contributed by atoms with Gasteiger partial charge in [0.2, 0.25) is 5.72 Å². The van der Waals surface area contributed by atoms with Crippen LogP contribution in [0.15, 0.2) is 48.5 Å². The van der Waals surface area contributed by atoms with E-state index in [4.69, 9.17) is 4.74 Å². The highest BCUT2D eigenvalue weighted by Crippen LogP contribution is 2.55. The summed E-state index contributed by atoms with van der Waals surface area (Å²) >= 11 is 0. The van der Waals surface area contributed by atoms with Crippen LogP contribution in [0.5, 0.6) is 5.75 Å². The molecule has 0 bridgehead atoms. The Kier molecular flexibility index (Phi) is 3.96. The topological polar surface area (TPSA) is 75.8 Å². The largest absolute Gasteiger partial charge is 0.463 e. The molecule has 2 aromatic rings. The zero-order valence-corrected chi connectivity index (χ0v) is 15.4. The maximum absolute atomic E-state index is 11.2. The van der Waals surface area contributed by atoms with Gasteiger partial charge in [0.05, 0.1) is 16.4 Å². The summed E-state index contributed by atoms with van der Waals surface area (Å²) < 4.78 is 6.53. The molecular formula is C21H22N2O4. The van der Waals surface area contributed by atoms with Crippen molar-refractivity contribution in [3.63, 3.8) is 0 Å². The molecule has 4 rings (SSSR count). The summed E-state index contributed by atoms with van der Waals surface area (Å²) in [6.45, 7) is 4.95. The predicted molar refractivity (Wildman–Crippen MR) is 104 cm³/mol. The first kappa shape index (κ1) is 17.5. The summed E-state index contributed by atoms with van der Waals surface area (Å²) in [5, 5.41) is 20.6. The van der Waals surface area contributed by atoms with Crippen LogP contribution in [0.25, 0.3) is 6.08 Å². The Balaban J connectivity index is 1.86. The van der Waals surface area contributed by atoms with Crippen LogP contribution in [0.2, 0.25) is 0 Å². The summed E-state index contributed by atoms with van der Waals surface area (Å²) in [5.74, 6) is 0.501. The molecule has 0 radical (unpaired) electrons. The van der Waals surface area contributed by atoms with Gasteiger partial charge in [0.15, 0.2) is 0 Å². The Morgan fingerprint density at radius 1 is 1.22 bits per heavy atom. The Morgan fingerprint density at radius 2 is 2.00 bits per heavy atom. The lowest BCUT2D eigenvalue weighted by atomic mass is 9.76. The van der Waals surface area contributed by atoms with E-state index in [-0.39, 0.29) is 12.3 Å². The van der Waals surface area contributed by atoms with Crippen LogP contribution in [0.3, 0.4) is 0 Å². The van der Waals surface area contributed by atoms with E-state index >= 15 is 0 Å². The first-order valence-electron chi connectivity index (χ1n) is 9.05. The third-order valence-corrected chi connectivity index (χ3v) is 5.67. The van der Waals surface area contributed by atoms with Crippen molar-refractivity contribution in [2.45, 2.75) is 31.4 Å². The van der Waals surface area contributed by atoms with E-state index in [1.807, 2.05) is 24.3 Å². The molecular weight excluding hydrogens is 344 g/mol. The predicted octanol–water partition coefficient (Wildman–Crippen LogP) is 3.88. The number of nitro benzene ring substituents is 1. The average molecular weight is 366 g/mol. The number of anilines is 1. The van der Waals surface area contributed by atoms with Crippen LogP contribution in [0, 0.1) is 10.1 Å². The van der Waals surface area contributed by atoms with Gasteiger partial charge in [0, 0.05) is 30.5 Å². The van der Waals surface area contributed by atoms with E-state index in [9.17, 15) is 15.2 Å². The molecule has 2 heterocycles.